The minimum absolute atomic E-state index is 0.172. The number of nitriles is 1. The molecule has 1 N–H and O–H groups in total. The Bertz CT molecular complexity index is 1280. The number of ether oxygens (including phenoxy) is 1. The zero-order valence-electron chi connectivity index (χ0n) is 18.6. The van der Waals surface area contributed by atoms with Crippen LogP contribution in [0, 0.1) is 11.3 Å². The molecule has 0 saturated heterocycles. The van der Waals surface area contributed by atoms with Gasteiger partial charge in [-0.3, -0.25) is 9.59 Å². The van der Waals surface area contributed by atoms with Crippen LogP contribution >= 0.6 is 0 Å². The lowest BCUT2D eigenvalue weighted by Gasteiger charge is -2.15. The van der Waals surface area contributed by atoms with E-state index in [-0.39, 0.29) is 11.3 Å². The number of carbonyl (C=O) groups is 2. The second kappa shape index (κ2) is 9.01. The summed E-state index contributed by atoms with van der Waals surface area (Å²) < 4.78 is 5.47. The predicted octanol–water partition coefficient (Wildman–Crippen LogP) is 5.09. The summed E-state index contributed by atoms with van der Waals surface area (Å²) in [6, 6.07) is 23.3. The third-order valence-electron chi connectivity index (χ3n) is 5.56. The van der Waals surface area contributed by atoms with Crippen LogP contribution in [0.1, 0.15) is 36.5 Å². The van der Waals surface area contributed by atoms with E-state index in [0.717, 1.165) is 4.90 Å². The molecular weight excluding hydrogens is 414 g/mol. The van der Waals surface area contributed by atoms with Crippen molar-refractivity contribution < 1.29 is 14.3 Å². The van der Waals surface area contributed by atoms with Gasteiger partial charge in [0, 0.05) is 11.3 Å². The van der Waals surface area contributed by atoms with E-state index in [0.29, 0.717) is 34.2 Å². The normalized spacial score (nSPS) is 13.5. The van der Waals surface area contributed by atoms with E-state index >= 15 is 0 Å². The van der Waals surface area contributed by atoms with Crippen molar-refractivity contribution in [3.63, 3.8) is 0 Å². The van der Waals surface area contributed by atoms with Gasteiger partial charge < -0.3 is 10.1 Å². The standard InChI is InChI=1S/C27H23N3O3/c1-17(2)19-10-12-20(13-11-19)29-25-24(22-6-4-5-7-23(22)33-3)26(31)30(27(25)32)21-14-8-18(16-28)9-15-21/h4-15,17,29H,1-3H3. The first-order valence-corrected chi connectivity index (χ1v) is 10.6. The number of methoxy groups -OCH3 is 1. The molecule has 33 heavy (non-hydrogen) atoms. The van der Waals surface area contributed by atoms with E-state index in [1.165, 1.54) is 12.7 Å². The Morgan fingerprint density at radius 1 is 0.909 bits per heavy atom. The number of imide groups is 1. The van der Waals surface area contributed by atoms with E-state index in [9.17, 15) is 9.59 Å². The average molecular weight is 437 g/mol. The molecule has 1 heterocycles. The summed E-state index contributed by atoms with van der Waals surface area (Å²) in [6.07, 6.45) is 0. The van der Waals surface area contributed by atoms with E-state index in [4.69, 9.17) is 10.00 Å². The predicted molar refractivity (Wildman–Crippen MR) is 128 cm³/mol. The molecule has 0 aromatic heterocycles. The van der Waals surface area contributed by atoms with Crippen LogP contribution in [0.4, 0.5) is 11.4 Å². The first kappa shape index (κ1) is 21.8. The number of amides is 2. The molecule has 0 atom stereocenters. The van der Waals surface area contributed by atoms with Crippen LogP contribution in [0.25, 0.3) is 5.57 Å². The van der Waals surface area contributed by atoms with E-state index in [2.05, 4.69) is 19.2 Å². The van der Waals surface area contributed by atoms with Gasteiger partial charge in [0.15, 0.2) is 0 Å². The molecule has 6 heteroatoms. The summed E-state index contributed by atoms with van der Waals surface area (Å²) in [5.74, 6) is -0.0668. The topological polar surface area (TPSA) is 82.4 Å². The zero-order valence-corrected chi connectivity index (χ0v) is 18.6. The van der Waals surface area contributed by atoms with Gasteiger partial charge >= 0.3 is 0 Å². The van der Waals surface area contributed by atoms with Crippen molar-refractivity contribution in [3.8, 4) is 11.8 Å². The smallest absolute Gasteiger partial charge is 0.282 e. The second-order valence-electron chi connectivity index (χ2n) is 7.96. The minimum Gasteiger partial charge on any atom is -0.496 e. The summed E-state index contributed by atoms with van der Waals surface area (Å²) in [4.78, 5) is 28.2. The number of carbonyl (C=O) groups excluding carboxylic acids is 2. The van der Waals surface area contributed by atoms with Gasteiger partial charge in [-0.2, -0.15) is 5.26 Å². The fraction of sp³-hybridized carbons (Fsp3) is 0.148. The largest absolute Gasteiger partial charge is 0.496 e. The Hall–Kier alpha value is -4.37. The lowest BCUT2D eigenvalue weighted by atomic mass is 10.0. The zero-order chi connectivity index (χ0) is 23.5. The molecule has 164 valence electrons. The quantitative estimate of drug-likeness (QED) is 0.544. The SMILES string of the molecule is COc1ccccc1C1=C(Nc2ccc(C(C)C)cc2)C(=O)N(c2ccc(C#N)cc2)C1=O. The molecule has 2 amide bonds. The lowest BCUT2D eigenvalue weighted by Crippen LogP contribution is -2.32. The van der Waals surface area contributed by atoms with E-state index < -0.39 is 11.8 Å². The lowest BCUT2D eigenvalue weighted by molar-refractivity contribution is -0.120. The number of hydrogen-bond donors (Lipinski definition) is 1. The summed E-state index contributed by atoms with van der Waals surface area (Å²) in [5, 5.41) is 12.2. The van der Waals surface area contributed by atoms with Crippen LogP contribution in [0.5, 0.6) is 5.75 Å². The van der Waals surface area contributed by atoms with Gasteiger partial charge in [-0.05, 0) is 53.9 Å². The van der Waals surface area contributed by atoms with Crippen LogP contribution in [0.3, 0.4) is 0 Å². The second-order valence-corrected chi connectivity index (χ2v) is 7.96. The van der Waals surface area contributed by atoms with Crippen molar-refractivity contribution in [1.82, 2.24) is 0 Å². The average Bonchev–Trinajstić information content (AvgIpc) is 3.08. The molecule has 1 aliphatic heterocycles. The highest BCUT2D eigenvalue weighted by atomic mass is 16.5. The number of rotatable bonds is 6. The molecule has 0 saturated carbocycles. The maximum Gasteiger partial charge on any atom is 0.282 e. The molecular formula is C27H23N3O3. The first-order valence-electron chi connectivity index (χ1n) is 10.6. The molecule has 0 radical (unpaired) electrons. The number of para-hydroxylation sites is 1. The number of anilines is 2. The van der Waals surface area contributed by atoms with Gasteiger partial charge in [-0.1, -0.05) is 44.2 Å². The third-order valence-corrected chi connectivity index (χ3v) is 5.56. The van der Waals surface area contributed by atoms with Crippen LogP contribution in [-0.4, -0.2) is 18.9 Å². The molecule has 4 rings (SSSR count). The molecule has 3 aromatic carbocycles. The highest BCUT2D eigenvalue weighted by Gasteiger charge is 2.41. The van der Waals surface area contributed by atoms with Crippen molar-refractivity contribution in [1.29, 1.82) is 5.26 Å². The van der Waals surface area contributed by atoms with Crippen molar-refractivity contribution in [2.45, 2.75) is 19.8 Å². The molecule has 1 aliphatic rings. The molecule has 0 spiro atoms. The number of hydrogen-bond acceptors (Lipinski definition) is 5. The fourth-order valence-corrected chi connectivity index (χ4v) is 3.76. The monoisotopic (exact) mass is 437 g/mol. The van der Waals surface area contributed by atoms with Crippen molar-refractivity contribution in [2.75, 3.05) is 17.3 Å². The van der Waals surface area contributed by atoms with Gasteiger partial charge in [0.25, 0.3) is 11.8 Å². The van der Waals surface area contributed by atoms with Gasteiger partial charge in [0.1, 0.15) is 11.4 Å². The van der Waals surface area contributed by atoms with Crippen LogP contribution in [0.15, 0.2) is 78.5 Å². The van der Waals surface area contributed by atoms with Gasteiger partial charge in [0.2, 0.25) is 0 Å². The van der Waals surface area contributed by atoms with Gasteiger partial charge in [-0.15, -0.1) is 0 Å². The summed E-state index contributed by atoms with van der Waals surface area (Å²) in [7, 11) is 1.52. The highest BCUT2D eigenvalue weighted by Crippen LogP contribution is 2.37. The summed E-state index contributed by atoms with van der Waals surface area (Å²) in [6.45, 7) is 4.22. The molecule has 0 unspecified atom stereocenters. The Balaban J connectivity index is 1.81. The molecule has 6 nitrogen and oxygen atoms in total. The van der Waals surface area contributed by atoms with Crippen LogP contribution in [0.2, 0.25) is 0 Å². The number of nitrogens with zero attached hydrogens (tertiary/aromatic N) is 2. The Labute approximate surface area is 192 Å². The van der Waals surface area contributed by atoms with Gasteiger partial charge in [0.05, 0.1) is 30.0 Å². The van der Waals surface area contributed by atoms with Crippen molar-refractivity contribution in [3.05, 3.63) is 95.2 Å². The fourth-order valence-electron chi connectivity index (χ4n) is 3.76. The first-order chi connectivity index (χ1) is 15.9. The van der Waals surface area contributed by atoms with E-state index in [1.807, 2.05) is 30.3 Å². The Kier molecular flexibility index (Phi) is 5.97. The highest BCUT2D eigenvalue weighted by molar-refractivity contribution is 6.46. The maximum absolute atomic E-state index is 13.6. The van der Waals surface area contributed by atoms with Crippen molar-refractivity contribution in [2.24, 2.45) is 0 Å². The summed E-state index contributed by atoms with van der Waals surface area (Å²) in [5.41, 5.74) is 3.64. The van der Waals surface area contributed by atoms with Crippen LogP contribution in [-0.2, 0) is 9.59 Å². The third kappa shape index (κ3) is 4.09. The molecule has 0 bridgehead atoms. The van der Waals surface area contributed by atoms with Gasteiger partial charge in [-0.25, -0.2) is 4.90 Å². The van der Waals surface area contributed by atoms with Crippen LogP contribution < -0.4 is 15.0 Å². The molecule has 3 aromatic rings. The van der Waals surface area contributed by atoms with Crippen molar-refractivity contribution >= 4 is 28.8 Å². The number of benzene rings is 3. The molecule has 0 aliphatic carbocycles. The molecule has 0 fully saturated rings. The minimum atomic E-state index is -0.474. The number of nitrogens with one attached hydrogen (secondary N) is 1. The maximum atomic E-state index is 13.6. The Morgan fingerprint density at radius 3 is 2.18 bits per heavy atom. The van der Waals surface area contributed by atoms with E-state index in [1.54, 1.807) is 48.5 Å². The summed E-state index contributed by atoms with van der Waals surface area (Å²) >= 11 is 0. The Morgan fingerprint density at radius 2 is 1.58 bits per heavy atom.